The maximum Gasteiger partial charge on any atom is 0.267 e. The number of nitrogens with zero attached hydrogens (tertiary/aromatic N) is 1. The van der Waals surface area contributed by atoms with Crippen LogP contribution in [0.1, 0.15) is 30.9 Å². The third kappa shape index (κ3) is 3.81. The van der Waals surface area contributed by atoms with E-state index >= 15 is 0 Å². The lowest BCUT2D eigenvalue weighted by atomic mass is 10.1. The van der Waals surface area contributed by atoms with Crippen LogP contribution in [0.4, 0.5) is 0 Å². The summed E-state index contributed by atoms with van der Waals surface area (Å²) in [6.45, 7) is 2.44. The predicted molar refractivity (Wildman–Crippen MR) is 79.0 cm³/mol. The number of amides is 2. The minimum atomic E-state index is -0.265. The summed E-state index contributed by atoms with van der Waals surface area (Å²) in [7, 11) is 1.60. The highest BCUT2D eigenvalue weighted by atomic mass is 16.5. The van der Waals surface area contributed by atoms with Gasteiger partial charge in [-0.1, -0.05) is 19.1 Å². The molecular formula is C15H19N3O3. The Bertz CT molecular complexity index is 582. The van der Waals surface area contributed by atoms with Crippen LogP contribution < -0.4 is 15.5 Å². The molecule has 6 heteroatoms. The van der Waals surface area contributed by atoms with E-state index in [1.807, 2.05) is 18.2 Å². The first-order valence-corrected chi connectivity index (χ1v) is 6.93. The van der Waals surface area contributed by atoms with Crippen molar-refractivity contribution in [2.45, 2.75) is 32.7 Å². The molecule has 0 saturated heterocycles. The number of rotatable bonds is 5. The fraction of sp³-hybridized carbons (Fsp3) is 0.400. The van der Waals surface area contributed by atoms with Crippen molar-refractivity contribution >= 4 is 17.5 Å². The zero-order valence-electron chi connectivity index (χ0n) is 12.2. The summed E-state index contributed by atoms with van der Waals surface area (Å²) in [6.07, 6.45) is 1.58. The Morgan fingerprint density at radius 2 is 2.24 bits per heavy atom. The molecule has 0 bridgehead atoms. The van der Waals surface area contributed by atoms with E-state index in [2.05, 4.69) is 22.8 Å². The van der Waals surface area contributed by atoms with E-state index in [9.17, 15) is 9.59 Å². The summed E-state index contributed by atoms with van der Waals surface area (Å²) in [5.74, 6) is 0.314. The Hall–Kier alpha value is -2.37. The number of methoxy groups -OCH3 is 1. The van der Waals surface area contributed by atoms with Crippen LogP contribution >= 0.6 is 0 Å². The Morgan fingerprint density at radius 1 is 1.43 bits per heavy atom. The highest BCUT2D eigenvalue weighted by Gasteiger charge is 2.18. The van der Waals surface area contributed by atoms with Crippen LogP contribution in [0.15, 0.2) is 23.3 Å². The molecular weight excluding hydrogens is 270 g/mol. The predicted octanol–water partition coefficient (Wildman–Crippen LogP) is 1.14. The quantitative estimate of drug-likeness (QED) is 0.853. The lowest BCUT2D eigenvalue weighted by Crippen LogP contribution is -2.36. The summed E-state index contributed by atoms with van der Waals surface area (Å²) in [4.78, 5) is 23.0. The summed E-state index contributed by atoms with van der Waals surface area (Å²) < 4.78 is 5.30. The van der Waals surface area contributed by atoms with E-state index in [1.54, 1.807) is 7.11 Å². The molecule has 0 aliphatic carbocycles. The summed E-state index contributed by atoms with van der Waals surface area (Å²) >= 11 is 0. The van der Waals surface area contributed by atoms with Gasteiger partial charge in [0, 0.05) is 24.9 Å². The normalized spacial score (nSPS) is 14.2. The molecule has 1 aliphatic heterocycles. The first kappa shape index (κ1) is 15.0. The highest BCUT2D eigenvalue weighted by molar-refractivity contribution is 6.39. The van der Waals surface area contributed by atoms with E-state index in [1.165, 1.54) is 5.56 Å². The van der Waals surface area contributed by atoms with Crippen molar-refractivity contribution in [3.8, 4) is 5.75 Å². The molecule has 1 aromatic rings. The van der Waals surface area contributed by atoms with E-state index in [-0.39, 0.29) is 11.8 Å². The third-order valence-electron chi connectivity index (χ3n) is 3.36. The maximum absolute atomic E-state index is 12.0. The van der Waals surface area contributed by atoms with Gasteiger partial charge in [0.25, 0.3) is 5.91 Å². The van der Waals surface area contributed by atoms with Crippen molar-refractivity contribution in [3.63, 3.8) is 0 Å². The Kier molecular flexibility index (Phi) is 4.92. The van der Waals surface area contributed by atoms with Crippen molar-refractivity contribution in [1.82, 2.24) is 10.7 Å². The highest BCUT2D eigenvalue weighted by Crippen LogP contribution is 2.20. The van der Waals surface area contributed by atoms with E-state index in [4.69, 9.17) is 4.74 Å². The summed E-state index contributed by atoms with van der Waals surface area (Å²) in [5.41, 5.74) is 4.77. The number of aryl methyl sites for hydroxylation is 1. The number of nitrogens with one attached hydrogen (secondary N) is 2. The van der Waals surface area contributed by atoms with Crippen LogP contribution in [0.25, 0.3) is 0 Å². The second kappa shape index (κ2) is 6.88. The smallest absolute Gasteiger partial charge is 0.267 e. The van der Waals surface area contributed by atoms with Gasteiger partial charge >= 0.3 is 0 Å². The Morgan fingerprint density at radius 3 is 2.86 bits per heavy atom. The number of benzene rings is 1. The van der Waals surface area contributed by atoms with Crippen LogP contribution in [0.2, 0.25) is 0 Å². The van der Waals surface area contributed by atoms with Gasteiger partial charge in [0.15, 0.2) is 0 Å². The van der Waals surface area contributed by atoms with E-state index in [0.29, 0.717) is 25.1 Å². The molecule has 2 N–H and O–H groups in total. The lowest BCUT2D eigenvalue weighted by molar-refractivity contribution is -0.121. The molecule has 0 aromatic heterocycles. The van der Waals surface area contributed by atoms with Crippen LogP contribution in [0, 0.1) is 0 Å². The van der Waals surface area contributed by atoms with Crippen molar-refractivity contribution in [2.24, 2.45) is 5.10 Å². The molecule has 0 saturated carbocycles. The van der Waals surface area contributed by atoms with Crippen molar-refractivity contribution in [3.05, 3.63) is 29.3 Å². The standard InChI is InChI=1S/C15H19N3O3/c1-3-10-4-6-13(21-2)11(8-10)9-16-15(20)12-5-7-14(19)18-17-12/h4,6,8H,3,5,7,9H2,1-2H3,(H,16,20)(H,18,19). The number of hydrazone groups is 1. The van der Waals surface area contributed by atoms with Crippen LogP contribution in [-0.4, -0.2) is 24.6 Å². The minimum absolute atomic E-state index is 0.163. The van der Waals surface area contributed by atoms with E-state index in [0.717, 1.165) is 17.7 Å². The number of carbonyl (C=O) groups is 2. The van der Waals surface area contributed by atoms with Gasteiger partial charge < -0.3 is 10.1 Å². The number of hydrogen-bond donors (Lipinski definition) is 2. The van der Waals surface area contributed by atoms with Crippen LogP contribution in [-0.2, 0) is 22.6 Å². The Labute approximate surface area is 123 Å². The number of hydrogen-bond acceptors (Lipinski definition) is 4. The summed E-state index contributed by atoms with van der Waals surface area (Å²) in [6, 6.07) is 5.92. The molecule has 6 nitrogen and oxygen atoms in total. The first-order valence-electron chi connectivity index (χ1n) is 6.93. The molecule has 2 rings (SSSR count). The number of ether oxygens (including phenoxy) is 1. The van der Waals surface area contributed by atoms with Gasteiger partial charge in [-0.3, -0.25) is 9.59 Å². The van der Waals surface area contributed by atoms with Gasteiger partial charge in [-0.2, -0.15) is 5.10 Å². The molecule has 21 heavy (non-hydrogen) atoms. The van der Waals surface area contributed by atoms with Crippen molar-refractivity contribution in [1.29, 1.82) is 0 Å². The van der Waals surface area contributed by atoms with Gasteiger partial charge in [0.05, 0.1) is 7.11 Å². The first-order chi connectivity index (χ1) is 10.1. The Balaban J connectivity index is 2.02. The van der Waals surface area contributed by atoms with Gasteiger partial charge in [-0.25, -0.2) is 5.43 Å². The molecule has 0 radical (unpaired) electrons. The second-order valence-corrected chi connectivity index (χ2v) is 4.78. The molecule has 0 unspecified atom stereocenters. The van der Waals surface area contributed by atoms with Gasteiger partial charge in [-0.15, -0.1) is 0 Å². The molecule has 112 valence electrons. The molecule has 0 fully saturated rings. The molecule has 1 aromatic carbocycles. The lowest BCUT2D eigenvalue weighted by Gasteiger charge is -2.14. The number of carbonyl (C=O) groups excluding carboxylic acids is 2. The third-order valence-corrected chi connectivity index (χ3v) is 3.36. The summed E-state index contributed by atoms with van der Waals surface area (Å²) in [5, 5.41) is 6.58. The molecule has 0 atom stereocenters. The SMILES string of the molecule is CCc1ccc(OC)c(CNC(=O)C2=NNC(=O)CC2)c1. The topological polar surface area (TPSA) is 79.8 Å². The fourth-order valence-corrected chi connectivity index (χ4v) is 2.11. The molecule has 0 spiro atoms. The minimum Gasteiger partial charge on any atom is -0.496 e. The van der Waals surface area contributed by atoms with Gasteiger partial charge in [-0.05, 0) is 18.1 Å². The molecule has 1 heterocycles. The van der Waals surface area contributed by atoms with E-state index < -0.39 is 0 Å². The van der Waals surface area contributed by atoms with Gasteiger partial charge in [0.2, 0.25) is 5.91 Å². The zero-order valence-corrected chi connectivity index (χ0v) is 12.2. The second-order valence-electron chi connectivity index (χ2n) is 4.78. The van der Waals surface area contributed by atoms with Gasteiger partial charge in [0.1, 0.15) is 11.5 Å². The zero-order chi connectivity index (χ0) is 15.2. The van der Waals surface area contributed by atoms with Crippen LogP contribution in [0.3, 0.4) is 0 Å². The monoisotopic (exact) mass is 289 g/mol. The van der Waals surface area contributed by atoms with Crippen molar-refractivity contribution < 1.29 is 14.3 Å². The maximum atomic E-state index is 12.0. The van der Waals surface area contributed by atoms with Crippen LogP contribution in [0.5, 0.6) is 5.75 Å². The van der Waals surface area contributed by atoms with Crippen molar-refractivity contribution in [2.75, 3.05) is 7.11 Å². The molecule has 1 aliphatic rings. The molecule has 2 amide bonds. The average molecular weight is 289 g/mol. The average Bonchev–Trinajstić information content (AvgIpc) is 2.52. The largest absolute Gasteiger partial charge is 0.496 e. The fourth-order valence-electron chi connectivity index (χ4n) is 2.11.